The molecule has 2 aliphatic rings. The minimum Gasteiger partial charge on any atom is -0.396 e. The van der Waals surface area contributed by atoms with E-state index in [1.807, 2.05) is 4.90 Å². The zero-order chi connectivity index (χ0) is 11.5. The first-order valence-corrected chi connectivity index (χ1v) is 6.29. The van der Waals surface area contributed by atoms with E-state index in [2.05, 4.69) is 0 Å². The predicted molar refractivity (Wildman–Crippen MR) is 59.7 cm³/mol. The second kappa shape index (κ2) is 5.15. The van der Waals surface area contributed by atoms with Gasteiger partial charge >= 0.3 is 0 Å². The number of aliphatic hydroxyl groups excluding tert-OH is 2. The fraction of sp³-hybridized carbons (Fsp3) is 0.917. The first kappa shape index (κ1) is 11.9. The number of hydrogen-bond acceptors (Lipinski definition) is 3. The molecule has 1 aliphatic carbocycles. The van der Waals surface area contributed by atoms with Crippen molar-refractivity contribution < 1.29 is 15.0 Å². The zero-order valence-electron chi connectivity index (χ0n) is 9.64. The van der Waals surface area contributed by atoms with Gasteiger partial charge < -0.3 is 15.1 Å². The second-order valence-electron chi connectivity index (χ2n) is 5.05. The molecular formula is C12H21NO3. The highest BCUT2D eigenvalue weighted by atomic mass is 16.3. The molecule has 0 bridgehead atoms. The quantitative estimate of drug-likeness (QED) is 0.682. The highest BCUT2D eigenvalue weighted by Gasteiger charge is 2.42. The third kappa shape index (κ3) is 2.38. The summed E-state index contributed by atoms with van der Waals surface area (Å²) in [6, 6.07) is 0. The molecule has 16 heavy (non-hydrogen) atoms. The average molecular weight is 227 g/mol. The first-order chi connectivity index (χ1) is 7.72. The van der Waals surface area contributed by atoms with E-state index < -0.39 is 0 Å². The van der Waals surface area contributed by atoms with Gasteiger partial charge in [-0.15, -0.1) is 0 Å². The number of aliphatic hydroxyl groups is 2. The van der Waals surface area contributed by atoms with Gasteiger partial charge in [0, 0.05) is 32.0 Å². The van der Waals surface area contributed by atoms with Crippen LogP contribution in [-0.4, -0.2) is 46.8 Å². The van der Waals surface area contributed by atoms with Gasteiger partial charge in [-0.3, -0.25) is 4.79 Å². The highest BCUT2D eigenvalue weighted by molar-refractivity contribution is 5.76. The van der Waals surface area contributed by atoms with Gasteiger partial charge in [-0.1, -0.05) is 0 Å². The van der Waals surface area contributed by atoms with Crippen LogP contribution in [0, 0.1) is 11.8 Å². The summed E-state index contributed by atoms with van der Waals surface area (Å²) in [7, 11) is 0. The van der Waals surface area contributed by atoms with E-state index in [9.17, 15) is 9.90 Å². The molecule has 3 unspecified atom stereocenters. The van der Waals surface area contributed by atoms with Crippen LogP contribution in [0.15, 0.2) is 0 Å². The van der Waals surface area contributed by atoms with Crippen molar-refractivity contribution in [3.8, 4) is 0 Å². The molecule has 1 heterocycles. The van der Waals surface area contributed by atoms with Crippen molar-refractivity contribution >= 4 is 5.91 Å². The molecule has 0 spiro atoms. The van der Waals surface area contributed by atoms with E-state index in [1.165, 1.54) is 0 Å². The van der Waals surface area contributed by atoms with Crippen molar-refractivity contribution in [3.63, 3.8) is 0 Å². The summed E-state index contributed by atoms with van der Waals surface area (Å²) in [6.45, 7) is 1.74. The number of carbonyl (C=O) groups is 1. The van der Waals surface area contributed by atoms with Crippen LogP contribution in [0.3, 0.4) is 0 Å². The lowest BCUT2D eigenvalue weighted by Gasteiger charge is -2.18. The second-order valence-corrected chi connectivity index (χ2v) is 5.05. The van der Waals surface area contributed by atoms with Crippen LogP contribution in [0.1, 0.15) is 32.1 Å². The number of nitrogens with zero attached hydrogens (tertiary/aromatic N) is 1. The van der Waals surface area contributed by atoms with Crippen molar-refractivity contribution in [1.82, 2.24) is 4.90 Å². The van der Waals surface area contributed by atoms with Gasteiger partial charge in [0.15, 0.2) is 0 Å². The Balaban J connectivity index is 1.78. The monoisotopic (exact) mass is 227 g/mol. The topological polar surface area (TPSA) is 60.8 Å². The van der Waals surface area contributed by atoms with Crippen molar-refractivity contribution in [1.29, 1.82) is 0 Å². The Morgan fingerprint density at radius 2 is 2.06 bits per heavy atom. The molecule has 1 amide bonds. The molecule has 92 valence electrons. The molecule has 1 saturated carbocycles. The number of carbonyl (C=O) groups excluding carboxylic acids is 1. The normalized spacial score (nSPS) is 33.1. The number of likely N-dealkylation sites (tertiary alicyclic amines) is 1. The molecule has 1 saturated heterocycles. The molecule has 2 N–H and O–H groups in total. The van der Waals surface area contributed by atoms with Crippen LogP contribution in [0.5, 0.6) is 0 Å². The van der Waals surface area contributed by atoms with Crippen LogP contribution in [0.4, 0.5) is 0 Å². The summed E-state index contributed by atoms with van der Waals surface area (Å²) in [5, 5.41) is 18.4. The Hall–Kier alpha value is -0.610. The fourth-order valence-corrected chi connectivity index (χ4v) is 2.99. The summed E-state index contributed by atoms with van der Waals surface area (Å²) in [5.74, 6) is 1.04. The Kier molecular flexibility index (Phi) is 3.82. The molecule has 1 aliphatic heterocycles. The Morgan fingerprint density at radius 3 is 2.75 bits per heavy atom. The molecule has 4 heteroatoms. The molecule has 0 aromatic heterocycles. The van der Waals surface area contributed by atoms with E-state index in [0.29, 0.717) is 24.7 Å². The van der Waals surface area contributed by atoms with Gasteiger partial charge in [-0.2, -0.15) is 0 Å². The lowest BCUT2D eigenvalue weighted by Crippen LogP contribution is -2.30. The third-order valence-corrected chi connectivity index (χ3v) is 3.97. The molecule has 0 aromatic carbocycles. The number of rotatable bonds is 4. The number of fused-ring (bicyclic) bond motifs is 1. The minimum absolute atomic E-state index is 0.164. The molecule has 3 atom stereocenters. The smallest absolute Gasteiger partial charge is 0.222 e. The molecule has 2 fully saturated rings. The molecular weight excluding hydrogens is 206 g/mol. The summed E-state index contributed by atoms with van der Waals surface area (Å²) >= 11 is 0. The van der Waals surface area contributed by atoms with Crippen LogP contribution < -0.4 is 0 Å². The molecule has 0 aromatic rings. The summed E-state index contributed by atoms with van der Waals surface area (Å²) in [4.78, 5) is 13.7. The van der Waals surface area contributed by atoms with E-state index in [0.717, 1.165) is 32.4 Å². The molecule has 4 nitrogen and oxygen atoms in total. The summed E-state index contributed by atoms with van der Waals surface area (Å²) in [5.41, 5.74) is 0. The van der Waals surface area contributed by atoms with Gasteiger partial charge in [-0.05, 0) is 31.6 Å². The van der Waals surface area contributed by atoms with E-state index in [-0.39, 0.29) is 18.6 Å². The van der Waals surface area contributed by atoms with Crippen LogP contribution in [0.2, 0.25) is 0 Å². The maximum atomic E-state index is 11.8. The Labute approximate surface area is 96.3 Å². The van der Waals surface area contributed by atoms with Gasteiger partial charge in [0.25, 0.3) is 0 Å². The average Bonchev–Trinajstić information content (AvgIpc) is 2.82. The van der Waals surface area contributed by atoms with Crippen molar-refractivity contribution in [2.45, 2.75) is 38.2 Å². The van der Waals surface area contributed by atoms with Gasteiger partial charge in [-0.25, -0.2) is 0 Å². The van der Waals surface area contributed by atoms with E-state index in [1.54, 1.807) is 0 Å². The fourth-order valence-electron chi connectivity index (χ4n) is 2.99. The van der Waals surface area contributed by atoms with Crippen LogP contribution in [0.25, 0.3) is 0 Å². The first-order valence-electron chi connectivity index (χ1n) is 6.29. The number of hydrogen-bond donors (Lipinski definition) is 2. The van der Waals surface area contributed by atoms with Gasteiger partial charge in [0.1, 0.15) is 0 Å². The van der Waals surface area contributed by atoms with E-state index >= 15 is 0 Å². The Bertz CT molecular complexity index is 257. The lowest BCUT2D eigenvalue weighted by atomic mass is 10.00. The SMILES string of the molecule is O=C(CCCCO)N1CC2CCC(O)C2C1. The maximum Gasteiger partial charge on any atom is 0.222 e. The largest absolute Gasteiger partial charge is 0.396 e. The minimum atomic E-state index is -0.194. The van der Waals surface area contributed by atoms with E-state index in [4.69, 9.17) is 5.11 Å². The number of amides is 1. The number of unbranched alkanes of at least 4 members (excludes halogenated alkanes) is 1. The molecule has 0 radical (unpaired) electrons. The van der Waals surface area contributed by atoms with Crippen molar-refractivity contribution in [3.05, 3.63) is 0 Å². The zero-order valence-corrected chi connectivity index (χ0v) is 9.64. The maximum absolute atomic E-state index is 11.8. The predicted octanol–water partition coefficient (Wildman–Crippen LogP) is 0.378. The Morgan fingerprint density at radius 1 is 1.25 bits per heavy atom. The summed E-state index contributed by atoms with van der Waals surface area (Å²) < 4.78 is 0. The highest BCUT2D eigenvalue weighted by Crippen LogP contribution is 2.38. The van der Waals surface area contributed by atoms with Crippen LogP contribution >= 0.6 is 0 Å². The lowest BCUT2D eigenvalue weighted by molar-refractivity contribution is -0.130. The third-order valence-electron chi connectivity index (χ3n) is 3.97. The van der Waals surface area contributed by atoms with Crippen LogP contribution in [-0.2, 0) is 4.79 Å². The standard InChI is InChI=1S/C12H21NO3/c14-6-2-1-3-12(16)13-7-9-4-5-11(15)10(9)8-13/h9-11,14-15H,1-8H2. The van der Waals surface area contributed by atoms with Crippen molar-refractivity contribution in [2.75, 3.05) is 19.7 Å². The molecule has 2 rings (SSSR count). The van der Waals surface area contributed by atoms with Gasteiger partial charge in [0.05, 0.1) is 6.10 Å². The van der Waals surface area contributed by atoms with Crippen molar-refractivity contribution in [2.24, 2.45) is 11.8 Å². The summed E-state index contributed by atoms with van der Waals surface area (Å²) in [6.07, 6.45) is 3.78. The van der Waals surface area contributed by atoms with Gasteiger partial charge in [0.2, 0.25) is 5.91 Å².